The summed E-state index contributed by atoms with van der Waals surface area (Å²) in [6.07, 6.45) is 4.08. The predicted octanol–water partition coefficient (Wildman–Crippen LogP) is 1.58. The van der Waals surface area contributed by atoms with Gasteiger partial charge < -0.3 is 14.9 Å². The number of carbonyl (C=O) groups is 1. The van der Waals surface area contributed by atoms with Crippen molar-refractivity contribution in [2.45, 2.75) is 25.3 Å². The summed E-state index contributed by atoms with van der Waals surface area (Å²) in [5.74, 6) is 1.44. The highest BCUT2D eigenvalue weighted by Crippen LogP contribution is 2.38. The number of aromatic nitrogens is 4. The van der Waals surface area contributed by atoms with Crippen LogP contribution in [0, 0.1) is 4.77 Å². The van der Waals surface area contributed by atoms with E-state index in [4.69, 9.17) is 12.2 Å². The van der Waals surface area contributed by atoms with Crippen LogP contribution in [-0.4, -0.2) is 32.2 Å². The van der Waals surface area contributed by atoms with Crippen molar-refractivity contribution in [1.29, 1.82) is 0 Å². The molecule has 6 nitrogen and oxygen atoms in total. The molecule has 2 aromatic heterocycles. The van der Waals surface area contributed by atoms with Gasteiger partial charge in [-0.05, 0) is 37.2 Å². The molecule has 2 aromatic rings. The highest BCUT2D eigenvalue weighted by atomic mass is 32.1. The molecule has 3 rings (SSSR count). The lowest BCUT2D eigenvalue weighted by Gasteiger charge is -2.07. The van der Waals surface area contributed by atoms with E-state index in [9.17, 15) is 4.79 Å². The molecule has 3 N–H and O–H groups in total. The van der Waals surface area contributed by atoms with Gasteiger partial charge in [-0.15, -0.1) is 0 Å². The minimum atomic E-state index is -0.104. The van der Waals surface area contributed by atoms with Crippen LogP contribution in [0.15, 0.2) is 18.3 Å². The lowest BCUT2D eigenvalue weighted by molar-refractivity contribution is 0.0948. The van der Waals surface area contributed by atoms with Crippen molar-refractivity contribution in [2.75, 3.05) is 6.54 Å². The van der Waals surface area contributed by atoms with Crippen molar-refractivity contribution < 1.29 is 4.79 Å². The summed E-state index contributed by atoms with van der Waals surface area (Å²) in [6, 6.07) is 3.54. The zero-order chi connectivity index (χ0) is 13.2. The molecule has 1 saturated carbocycles. The number of rotatable bonds is 5. The van der Waals surface area contributed by atoms with Crippen molar-refractivity contribution in [1.82, 2.24) is 25.1 Å². The summed E-state index contributed by atoms with van der Waals surface area (Å²) in [5, 5.41) is 9.93. The van der Waals surface area contributed by atoms with Crippen LogP contribution in [0.5, 0.6) is 0 Å². The fourth-order valence-corrected chi connectivity index (χ4v) is 2.28. The number of amides is 1. The molecule has 1 amide bonds. The van der Waals surface area contributed by atoms with Gasteiger partial charge in [0.25, 0.3) is 5.91 Å². The average molecular weight is 277 g/mol. The number of hydrogen-bond donors (Lipinski definition) is 3. The normalized spacial score (nSPS) is 14.5. The van der Waals surface area contributed by atoms with Crippen molar-refractivity contribution >= 4 is 18.1 Å². The van der Waals surface area contributed by atoms with Crippen molar-refractivity contribution in [3.63, 3.8) is 0 Å². The molecule has 2 heterocycles. The van der Waals surface area contributed by atoms with Gasteiger partial charge in [-0.3, -0.25) is 9.89 Å². The Kier molecular flexibility index (Phi) is 3.20. The number of nitrogens with one attached hydrogen (secondary N) is 3. The summed E-state index contributed by atoms with van der Waals surface area (Å²) in [6.45, 7) is 1.18. The Hall–Kier alpha value is -1.89. The standard InChI is InChI=1S/C12H15N5OS/c18-11(9-2-1-5-13-9)14-6-7-17-10(8-3-4-8)15-16-12(17)19/h1-2,5,8,13H,3-4,6-7H2,(H,14,18)(H,16,19). The highest BCUT2D eigenvalue weighted by molar-refractivity contribution is 7.71. The molecule has 0 saturated heterocycles. The largest absolute Gasteiger partial charge is 0.357 e. The predicted molar refractivity (Wildman–Crippen MR) is 72.5 cm³/mol. The second kappa shape index (κ2) is 5.00. The number of hydrogen-bond acceptors (Lipinski definition) is 3. The van der Waals surface area contributed by atoms with E-state index in [0.717, 1.165) is 5.82 Å². The van der Waals surface area contributed by atoms with Crippen LogP contribution in [0.25, 0.3) is 0 Å². The molecule has 0 bridgehead atoms. The third-order valence-electron chi connectivity index (χ3n) is 3.19. The lowest BCUT2D eigenvalue weighted by Crippen LogP contribution is -2.27. The summed E-state index contributed by atoms with van der Waals surface area (Å²) in [5.41, 5.74) is 0.568. The fraction of sp³-hybridized carbons (Fsp3) is 0.417. The monoisotopic (exact) mass is 277 g/mol. The third kappa shape index (κ3) is 2.60. The molecule has 0 atom stereocenters. The zero-order valence-corrected chi connectivity index (χ0v) is 11.2. The van der Waals surface area contributed by atoms with Crippen LogP contribution in [0.3, 0.4) is 0 Å². The summed E-state index contributed by atoms with van der Waals surface area (Å²) in [7, 11) is 0. The Labute approximate surface area is 115 Å². The van der Waals surface area contributed by atoms with Gasteiger partial charge in [-0.2, -0.15) is 5.10 Å². The Bertz CT molecular complexity index is 623. The van der Waals surface area contributed by atoms with Gasteiger partial charge in [0.15, 0.2) is 4.77 Å². The topological polar surface area (TPSA) is 78.5 Å². The number of nitrogens with zero attached hydrogens (tertiary/aromatic N) is 2. The van der Waals surface area contributed by atoms with E-state index in [1.807, 2.05) is 4.57 Å². The van der Waals surface area contributed by atoms with E-state index >= 15 is 0 Å². The van der Waals surface area contributed by atoms with Crippen LogP contribution in [-0.2, 0) is 6.54 Å². The molecule has 1 fully saturated rings. The first-order valence-corrected chi connectivity index (χ1v) is 6.73. The van der Waals surface area contributed by atoms with Crippen LogP contribution >= 0.6 is 12.2 Å². The van der Waals surface area contributed by atoms with Crippen molar-refractivity contribution in [2.24, 2.45) is 0 Å². The quantitative estimate of drug-likeness (QED) is 0.726. The maximum atomic E-state index is 11.7. The van der Waals surface area contributed by atoms with E-state index in [0.29, 0.717) is 29.5 Å². The van der Waals surface area contributed by atoms with Crippen molar-refractivity contribution in [3.05, 3.63) is 34.6 Å². The minimum Gasteiger partial charge on any atom is -0.357 e. The molecule has 0 aliphatic heterocycles. The highest BCUT2D eigenvalue weighted by Gasteiger charge is 2.28. The van der Waals surface area contributed by atoms with Gasteiger partial charge in [0.1, 0.15) is 11.5 Å². The summed E-state index contributed by atoms with van der Waals surface area (Å²) >= 11 is 5.20. The van der Waals surface area contributed by atoms with Gasteiger partial charge in [-0.1, -0.05) is 0 Å². The van der Waals surface area contributed by atoms with E-state index < -0.39 is 0 Å². The van der Waals surface area contributed by atoms with E-state index in [1.54, 1.807) is 18.3 Å². The smallest absolute Gasteiger partial charge is 0.267 e. The molecular formula is C12H15N5OS. The second-order valence-corrected chi connectivity index (χ2v) is 5.04. The molecule has 7 heteroatoms. The first kappa shape index (κ1) is 12.2. The van der Waals surface area contributed by atoms with Gasteiger partial charge in [0, 0.05) is 25.2 Å². The third-order valence-corrected chi connectivity index (χ3v) is 3.51. The van der Waals surface area contributed by atoms with Crippen LogP contribution in [0.4, 0.5) is 0 Å². The van der Waals surface area contributed by atoms with Crippen LogP contribution in [0.2, 0.25) is 0 Å². The van der Waals surface area contributed by atoms with Crippen LogP contribution < -0.4 is 5.32 Å². The Morgan fingerprint density at radius 3 is 3.11 bits per heavy atom. The summed E-state index contributed by atoms with van der Waals surface area (Å²) < 4.78 is 2.60. The first-order chi connectivity index (χ1) is 9.25. The number of carbonyl (C=O) groups excluding carboxylic acids is 1. The molecule has 0 aromatic carbocycles. The maximum Gasteiger partial charge on any atom is 0.267 e. The van der Waals surface area contributed by atoms with E-state index in [1.165, 1.54) is 12.8 Å². The lowest BCUT2D eigenvalue weighted by atomic mass is 10.4. The molecule has 1 aliphatic carbocycles. The SMILES string of the molecule is O=C(NCCn1c(C2CC2)n[nH]c1=S)c1ccc[nH]1. The minimum absolute atomic E-state index is 0.104. The molecule has 100 valence electrons. The van der Waals surface area contributed by atoms with E-state index in [2.05, 4.69) is 20.5 Å². The molecular weight excluding hydrogens is 262 g/mol. The van der Waals surface area contributed by atoms with Gasteiger partial charge >= 0.3 is 0 Å². The Balaban J connectivity index is 1.59. The van der Waals surface area contributed by atoms with E-state index in [-0.39, 0.29) is 5.91 Å². The first-order valence-electron chi connectivity index (χ1n) is 6.32. The number of aromatic amines is 2. The van der Waals surface area contributed by atoms with Gasteiger partial charge in [0.05, 0.1) is 0 Å². The van der Waals surface area contributed by atoms with Crippen LogP contribution in [0.1, 0.15) is 35.1 Å². The number of H-pyrrole nitrogens is 2. The molecule has 0 radical (unpaired) electrons. The van der Waals surface area contributed by atoms with Gasteiger partial charge in [0.2, 0.25) is 0 Å². The zero-order valence-electron chi connectivity index (χ0n) is 10.3. The second-order valence-electron chi connectivity index (χ2n) is 4.65. The van der Waals surface area contributed by atoms with Gasteiger partial charge in [-0.25, -0.2) is 0 Å². The molecule has 0 spiro atoms. The Morgan fingerprint density at radius 2 is 2.42 bits per heavy atom. The molecule has 0 unspecified atom stereocenters. The summed E-state index contributed by atoms with van der Waals surface area (Å²) in [4.78, 5) is 14.6. The molecule has 19 heavy (non-hydrogen) atoms. The molecule has 1 aliphatic rings. The maximum absolute atomic E-state index is 11.7. The Morgan fingerprint density at radius 1 is 1.58 bits per heavy atom. The average Bonchev–Trinajstić information content (AvgIpc) is 2.97. The fourth-order valence-electron chi connectivity index (χ4n) is 2.05. The van der Waals surface area contributed by atoms with Crippen molar-refractivity contribution in [3.8, 4) is 0 Å².